The maximum Gasteiger partial charge on any atom is 0.0752 e. The summed E-state index contributed by atoms with van der Waals surface area (Å²) in [5.41, 5.74) is 3.29. The first-order valence-corrected chi connectivity index (χ1v) is 11.9. The van der Waals surface area contributed by atoms with Crippen molar-refractivity contribution >= 4 is 8.07 Å². The lowest BCUT2D eigenvalue weighted by molar-refractivity contribution is 0.135. The molecule has 2 rings (SSSR count). The molecule has 20 heavy (non-hydrogen) atoms. The third-order valence-corrected chi connectivity index (χ3v) is 6.36. The lowest BCUT2D eigenvalue weighted by Gasteiger charge is -2.40. The Labute approximate surface area is 126 Å². The van der Waals surface area contributed by atoms with E-state index in [0.717, 1.165) is 12.8 Å². The lowest BCUT2D eigenvalue weighted by Crippen LogP contribution is -2.34. The molecule has 2 aliphatic rings. The molecule has 3 atom stereocenters. The molecule has 3 unspecified atom stereocenters. The standard InChI is InChI=1S/C18H32OSi/c1-13-10-17(19)16(12-20(4,5)6)14-8-7-9-18(2,3)11-15(13)14/h7,9,13,15,17,19H,8,10-12H2,1-6H3. The highest BCUT2D eigenvalue weighted by molar-refractivity contribution is 6.76. The summed E-state index contributed by atoms with van der Waals surface area (Å²) in [7, 11) is -1.18. The van der Waals surface area contributed by atoms with Gasteiger partial charge in [-0.2, -0.15) is 0 Å². The van der Waals surface area contributed by atoms with Crippen LogP contribution in [0.1, 0.15) is 40.0 Å². The van der Waals surface area contributed by atoms with Crippen LogP contribution in [0.2, 0.25) is 25.7 Å². The largest absolute Gasteiger partial charge is 0.389 e. The molecule has 0 aliphatic heterocycles. The molecule has 0 bridgehead atoms. The zero-order valence-electron chi connectivity index (χ0n) is 14.2. The minimum absolute atomic E-state index is 0.183. The molecule has 0 spiro atoms. The minimum atomic E-state index is -1.18. The number of hydrogen-bond acceptors (Lipinski definition) is 1. The molecule has 1 nitrogen and oxygen atoms in total. The van der Waals surface area contributed by atoms with Gasteiger partial charge in [0.15, 0.2) is 0 Å². The summed E-state index contributed by atoms with van der Waals surface area (Å²) in [4.78, 5) is 0. The summed E-state index contributed by atoms with van der Waals surface area (Å²) >= 11 is 0. The normalized spacial score (nSPS) is 33.9. The van der Waals surface area contributed by atoms with E-state index in [1.165, 1.54) is 18.0 Å². The third-order valence-electron chi connectivity index (χ3n) is 4.92. The summed E-state index contributed by atoms with van der Waals surface area (Å²) in [5.74, 6) is 1.29. The summed E-state index contributed by atoms with van der Waals surface area (Å²) in [6, 6.07) is 1.17. The van der Waals surface area contributed by atoms with E-state index in [9.17, 15) is 5.11 Å². The number of rotatable bonds is 2. The molecule has 0 saturated heterocycles. The summed E-state index contributed by atoms with van der Waals surface area (Å²) in [6.07, 6.45) is 7.83. The van der Waals surface area contributed by atoms with E-state index in [1.54, 1.807) is 5.57 Å². The molecule has 0 aromatic heterocycles. The molecular formula is C18H32OSi. The highest BCUT2D eigenvalue weighted by atomic mass is 28.3. The van der Waals surface area contributed by atoms with Crippen LogP contribution in [-0.4, -0.2) is 19.3 Å². The van der Waals surface area contributed by atoms with Crippen molar-refractivity contribution in [3.05, 3.63) is 23.3 Å². The van der Waals surface area contributed by atoms with Gasteiger partial charge in [0.1, 0.15) is 0 Å². The van der Waals surface area contributed by atoms with Crippen LogP contribution in [0.3, 0.4) is 0 Å². The van der Waals surface area contributed by atoms with E-state index in [2.05, 4.69) is 52.6 Å². The van der Waals surface area contributed by atoms with Crippen molar-refractivity contribution in [2.45, 2.75) is 71.8 Å². The molecule has 0 aromatic carbocycles. The third kappa shape index (κ3) is 3.65. The highest BCUT2D eigenvalue weighted by Gasteiger charge is 2.38. The Bertz CT molecular complexity index is 425. The number of aliphatic hydroxyl groups excluding tert-OH is 1. The molecule has 114 valence electrons. The van der Waals surface area contributed by atoms with Gasteiger partial charge < -0.3 is 5.11 Å². The second kappa shape index (κ2) is 5.45. The summed E-state index contributed by atoms with van der Waals surface area (Å²) < 4.78 is 0. The second-order valence-corrected chi connectivity index (χ2v) is 14.4. The molecule has 0 aromatic rings. The number of aliphatic hydroxyl groups is 1. The van der Waals surface area contributed by atoms with E-state index in [4.69, 9.17) is 0 Å². The highest BCUT2D eigenvalue weighted by Crippen LogP contribution is 2.47. The van der Waals surface area contributed by atoms with Gasteiger partial charge in [-0.15, -0.1) is 0 Å². The van der Waals surface area contributed by atoms with Crippen LogP contribution in [0.4, 0.5) is 0 Å². The van der Waals surface area contributed by atoms with Gasteiger partial charge in [-0.25, -0.2) is 0 Å². The van der Waals surface area contributed by atoms with Crippen LogP contribution in [-0.2, 0) is 0 Å². The van der Waals surface area contributed by atoms with Gasteiger partial charge in [0.2, 0.25) is 0 Å². The fourth-order valence-electron chi connectivity index (χ4n) is 4.00. The molecule has 1 N–H and O–H groups in total. The molecule has 0 amide bonds. The fraction of sp³-hybridized carbons (Fsp3) is 0.778. The van der Waals surface area contributed by atoms with Crippen molar-refractivity contribution in [1.82, 2.24) is 0 Å². The number of fused-ring (bicyclic) bond motifs is 1. The zero-order chi connectivity index (χ0) is 15.1. The smallest absolute Gasteiger partial charge is 0.0752 e. The number of hydrogen-bond donors (Lipinski definition) is 1. The Morgan fingerprint density at radius 3 is 2.55 bits per heavy atom. The van der Waals surface area contributed by atoms with Crippen molar-refractivity contribution in [2.75, 3.05) is 0 Å². The maximum absolute atomic E-state index is 10.6. The Balaban J connectivity index is 2.40. The van der Waals surface area contributed by atoms with E-state index in [0.29, 0.717) is 17.3 Å². The first-order valence-electron chi connectivity index (χ1n) is 8.17. The van der Waals surface area contributed by atoms with Gasteiger partial charge in [-0.1, -0.05) is 58.1 Å². The topological polar surface area (TPSA) is 20.2 Å². The monoisotopic (exact) mass is 292 g/mol. The van der Waals surface area contributed by atoms with Crippen molar-refractivity contribution < 1.29 is 5.11 Å². The van der Waals surface area contributed by atoms with Gasteiger partial charge in [-0.05, 0) is 48.1 Å². The van der Waals surface area contributed by atoms with Crippen molar-refractivity contribution in [1.29, 1.82) is 0 Å². The molecular weight excluding hydrogens is 260 g/mol. The quantitative estimate of drug-likeness (QED) is 0.560. The SMILES string of the molecule is CC1CC(O)C(C[Si](C)(C)C)=C2CC=CC(C)(C)CC21. The van der Waals surface area contributed by atoms with Gasteiger partial charge in [-0.3, -0.25) is 0 Å². The predicted molar refractivity (Wildman–Crippen MR) is 90.6 cm³/mol. The van der Waals surface area contributed by atoms with Crippen molar-refractivity contribution in [2.24, 2.45) is 17.3 Å². The first-order chi connectivity index (χ1) is 9.09. The molecule has 0 saturated carbocycles. The van der Waals surface area contributed by atoms with Crippen LogP contribution >= 0.6 is 0 Å². The molecule has 0 fully saturated rings. The van der Waals surface area contributed by atoms with Gasteiger partial charge >= 0.3 is 0 Å². The molecule has 2 heteroatoms. The molecule has 0 radical (unpaired) electrons. The second-order valence-electron chi connectivity index (χ2n) is 8.92. The molecule has 0 heterocycles. The minimum Gasteiger partial charge on any atom is -0.389 e. The van der Waals surface area contributed by atoms with Crippen molar-refractivity contribution in [3.8, 4) is 0 Å². The summed E-state index contributed by atoms with van der Waals surface area (Å²) in [6.45, 7) is 14.3. The van der Waals surface area contributed by atoms with E-state index >= 15 is 0 Å². The predicted octanol–water partition coefficient (Wildman–Crippen LogP) is 5.01. The average molecular weight is 293 g/mol. The Hall–Kier alpha value is -0.343. The first kappa shape index (κ1) is 16.0. The van der Waals surface area contributed by atoms with Crippen LogP contribution in [0.5, 0.6) is 0 Å². The number of allylic oxidation sites excluding steroid dienone is 3. The Kier molecular flexibility index (Phi) is 4.37. The maximum atomic E-state index is 10.6. The van der Waals surface area contributed by atoms with Crippen LogP contribution in [0.25, 0.3) is 0 Å². The van der Waals surface area contributed by atoms with Crippen LogP contribution < -0.4 is 0 Å². The average Bonchev–Trinajstić information content (AvgIpc) is 2.41. The van der Waals surface area contributed by atoms with Gasteiger partial charge in [0.25, 0.3) is 0 Å². The zero-order valence-corrected chi connectivity index (χ0v) is 15.2. The van der Waals surface area contributed by atoms with Gasteiger partial charge in [0.05, 0.1) is 6.10 Å². The van der Waals surface area contributed by atoms with E-state index < -0.39 is 8.07 Å². The Morgan fingerprint density at radius 2 is 1.95 bits per heavy atom. The van der Waals surface area contributed by atoms with Crippen molar-refractivity contribution in [3.63, 3.8) is 0 Å². The van der Waals surface area contributed by atoms with Crippen LogP contribution in [0.15, 0.2) is 23.3 Å². The van der Waals surface area contributed by atoms with E-state index in [-0.39, 0.29) is 6.10 Å². The Morgan fingerprint density at radius 1 is 1.30 bits per heavy atom. The summed E-state index contributed by atoms with van der Waals surface area (Å²) in [5, 5.41) is 10.6. The molecule has 2 aliphatic carbocycles. The van der Waals surface area contributed by atoms with Crippen LogP contribution in [0, 0.1) is 17.3 Å². The van der Waals surface area contributed by atoms with Gasteiger partial charge in [0, 0.05) is 8.07 Å². The van der Waals surface area contributed by atoms with E-state index in [1.807, 2.05) is 0 Å². The lowest BCUT2D eigenvalue weighted by atomic mass is 9.69. The fourth-order valence-corrected chi connectivity index (χ4v) is 5.61.